The van der Waals surface area contributed by atoms with E-state index in [1.54, 1.807) is 11.3 Å². The molecule has 0 amide bonds. The summed E-state index contributed by atoms with van der Waals surface area (Å²) in [6.45, 7) is 4.04. The normalized spacial score (nSPS) is 16.9. The van der Waals surface area contributed by atoms with Crippen LogP contribution >= 0.6 is 11.3 Å². The minimum atomic E-state index is 0.981. The summed E-state index contributed by atoms with van der Waals surface area (Å²) in [5.74, 6) is 0. The van der Waals surface area contributed by atoms with Gasteiger partial charge in [-0.1, -0.05) is 23.5 Å². The van der Waals surface area contributed by atoms with Crippen molar-refractivity contribution in [2.24, 2.45) is 0 Å². The summed E-state index contributed by atoms with van der Waals surface area (Å²) in [6.07, 6.45) is 5.52. The summed E-state index contributed by atoms with van der Waals surface area (Å²) in [7, 11) is 0. The number of aromatic nitrogens is 2. The van der Waals surface area contributed by atoms with Gasteiger partial charge in [0.2, 0.25) is 5.13 Å². The van der Waals surface area contributed by atoms with Crippen LogP contribution in [0.1, 0.15) is 11.4 Å². The fourth-order valence-corrected chi connectivity index (χ4v) is 1.95. The van der Waals surface area contributed by atoms with Crippen LogP contribution < -0.4 is 4.90 Å². The quantitative estimate of drug-likeness (QED) is 0.616. The van der Waals surface area contributed by atoms with Crippen LogP contribution in [0.4, 0.5) is 5.13 Å². The van der Waals surface area contributed by atoms with Crippen molar-refractivity contribution in [1.82, 2.24) is 10.2 Å². The Morgan fingerprint density at radius 3 is 2.92 bits per heavy atom. The van der Waals surface area contributed by atoms with Gasteiger partial charge in [-0.15, -0.1) is 10.2 Å². The van der Waals surface area contributed by atoms with Crippen LogP contribution in [0.2, 0.25) is 0 Å². The summed E-state index contributed by atoms with van der Waals surface area (Å²) in [5, 5.41) is 10.2. The SMILES string of the molecule is Cc1nnc(N2CC=CCC2)s1. The van der Waals surface area contributed by atoms with Crippen molar-refractivity contribution in [3.05, 3.63) is 17.2 Å². The fraction of sp³-hybridized carbons (Fsp3) is 0.500. The Morgan fingerprint density at radius 2 is 2.33 bits per heavy atom. The molecule has 12 heavy (non-hydrogen) atoms. The molecule has 3 nitrogen and oxygen atoms in total. The van der Waals surface area contributed by atoms with Crippen LogP contribution in [0.3, 0.4) is 0 Å². The molecule has 0 atom stereocenters. The van der Waals surface area contributed by atoms with Crippen LogP contribution in [0.25, 0.3) is 0 Å². The minimum Gasteiger partial charge on any atom is -0.343 e. The maximum Gasteiger partial charge on any atom is 0.208 e. The lowest BCUT2D eigenvalue weighted by Gasteiger charge is -2.21. The fourth-order valence-electron chi connectivity index (χ4n) is 1.23. The first-order valence-electron chi connectivity index (χ1n) is 4.06. The first-order chi connectivity index (χ1) is 5.86. The van der Waals surface area contributed by atoms with Gasteiger partial charge >= 0.3 is 0 Å². The molecule has 64 valence electrons. The largest absolute Gasteiger partial charge is 0.343 e. The number of rotatable bonds is 1. The van der Waals surface area contributed by atoms with Crippen molar-refractivity contribution in [1.29, 1.82) is 0 Å². The highest BCUT2D eigenvalue weighted by molar-refractivity contribution is 7.15. The highest BCUT2D eigenvalue weighted by Gasteiger charge is 2.10. The summed E-state index contributed by atoms with van der Waals surface area (Å²) >= 11 is 1.66. The number of anilines is 1. The molecule has 4 heteroatoms. The summed E-state index contributed by atoms with van der Waals surface area (Å²) in [6, 6.07) is 0. The molecule has 0 saturated carbocycles. The maximum atomic E-state index is 4.10. The van der Waals surface area contributed by atoms with Crippen LogP contribution in [-0.4, -0.2) is 23.3 Å². The van der Waals surface area contributed by atoms with E-state index in [2.05, 4.69) is 27.2 Å². The van der Waals surface area contributed by atoms with Gasteiger partial charge in [-0.25, -0.2) is 0 Å². The van der Waals surface area contributed by atoms with Gasteiger partial charge in [-0.3, -0.25) is 0 Å². The Hall–Kier alpha value is -0.900. The second-order valence-corrected chi connectivity index (χ2v) is 3.97. The minimum absolute atomic E-state index is 0.981. The monoisotopic (exact) mass is 181 g/mol. The lowest BCUT2D eigenvalue weighted by Crippen LogP contribution is -2.26. The van der Waals surface area contributed by atoms with E-state index in [0.29, 0.717) is 0 Å². The highest BCUT2D eigenvalue weighted by Crippen LogP contribution is 2.20. The second kappa shape index (κ2) is 3.23. The first-order valence-corrected chi connectivity index (χ1v) is 4.88. The molecule has 0 bridgehead atoms. The van der Waals surface area contributed by atoms with E-state index in [-0.39, 0.29) is 0 Å². The Labute approximate surface area is 75.7 Å². The molecule has 0 aliphatic carbocycles. The lowest BCUT2D eigenvalue weighted by atomic mass is 10.3. The Bertz CT molecular complexity index is 292. The third-order valence-corrected chi connectivity index (χ3v) is 2.74. The van der Waals surface area contributed by atoms with Gasteiger partial charge in [0.1, 0.15) is 5.01 Å². The van der Waals surface area contributed by atoms with E-state index in [0.717, 1.165) is 29.6 Å². The maximum absolute atomic E-state index is 4.10. The Kier molecular flexibility index (Phi) is 2.08. The number of aryl methyl sites for hydroxylation is 1. The van der Waals surface area contributed by atoms with E-state index >= 15 is 0 Å². The van der Waals surface area contributed by atoms with E-state index in [9.17, 15) is 0 Å². The van der Waals surface area contributed by atoms with Gasteiger partial charge in [-0.2, -0.15) is 0 Å². The Morgan fingerprint density at radius 1 is 1.42 bits per heavy atom. The van der Waals surface area contributed by atoms with E-state index in [4.69, 9.17) is 0 Å². The molecule has 1 aromatic rings. The molecule has 1 aromatic heterocycles. The molecular formula is C8H11N3S. The molecule has 1 aliphatic heterocycles. The predicted molar refractivity (Wildman–Crippen MR) is 50.6 cm³/mol. The molecular weight excluding hydrogens is 170 g/mol. The second-order valence-electron chi connectivity index (χ2n) is 2.81. The third kappa shape index (κ3) is 1.48. The average Bonchev–Trinajstić information content (AvgIpc) is 2.54. The van der Waals surface area contributed by atoms with E-state index in [1.165, 1.54) is 0 Å². The zero-order valence-electron chi connectivity index (χ0n) is 7.03. The van der Waals surface area contributed by atoms with Crippen molar-refractivity contribution in [2.45, 2.75) is 13.3 Å². The molecule has 0 N–H and O–H groups in total. The highest BCUT2D eigenvalue weighted by atomic mass is 32.1. The van der Waals surface area contributed by atoms with Crippen LogP contribution in [-0.2, 0) is 0 Å². The van der Waals surface area contributed by atoms with Crippen molar-refractivity contribution < 1.29 is 0 Å². The molecule has 0 fully saturated rings. The van der Waals surface area contributed by atoms with Crippen molar-refractivity contribution >= 4 is 16.5 Å². The van der Waals surface area contributed by atoms with Crippen molar-refractivity contribution in [3.63, 3.8) is 0 Å². The molecule has 1 aliphatic rings. The van der Waals surface area contributed by atoms with Crippen LogP contribution in [0.5, 0.6) is 0 Å². The smallest absolute Gasteiger partial charge is 0.208 e. The van der Waals surface area contributed by atoms with Gasteiger partial charge < -0.3 is 4.90 Å². The van der Waals surface area contributed by atoms with Crippen molar-refractivity contribution in [3.8, 4) is 0 Å². The van der Waals surface area contributed by atoms with Gasteiger partial charge in [0.25, 0.3) is 0 Å². The third-order valence-electron chi connectivity index (χ3n) is 1.84. The number of hydrogen-bond acceptors (Lipinski definition) is 4. The number of nitrogens with zero attached hydrogens (tertiary/aromatic N) is 3. The molecule has 0 saturated heterocycles. The van der Waals surface area contributed by atoms with Crippen molar-refractivity contribution in [2.75, 3.05) is 18.0 Å². The molecule has 0 radical (unpaired) electrons. The molecule has 0 unspecified atom stereocenters. The molecule has 0 spiro atoms. The first kappa shape index (κ1) is 7.73. The van der Waals surface area contributed by atoms with E-state index < -0.39 is 0 Å². The van der Waals surface area contributed by atoms with Crippen LogP contribution in [0, 0.1) is 6.92 Å². The number of hydrogen-bond donors (Lipinski definition) is 0. The van der Waals surface area contributed by atoms with Gasteiger partial charge in [0.05, 0.1) is 0 Å². The zero-order chi connectivity index (χ0) is 8.39. The average molecular weight is 181 g/mol. The van der Waals surface area contributed by atoms with Crippen LogP contribution in [0.15, 0.2) is 12.2 Å². The topological polar surface area (TPSA) is 29.0 Å². The molecule has 2 heterocycles. The Balaban J connectivity index is 2.14. The lowest BCUT2D eigenvalue weighted by molar-refractivity contribution is 0.806. The molecule has 2 rings (SSSR count). The molecule has 0 aromatic carbocycles. The summed E-state index contributed by atoms with van der Waals surface area (Å²) in [4.78, 5) is 2.25. The van der Waals surface area contributed by atoms with Gasteiger partial charge in [-0.05, 0) is 13.3 Å². The summed E-state index contributed by atoms with van der Waals surface area (Å²) in [5.41, 5.74) is 0. The van der Waals surface area contributed by atoms with Gasteiger partial charge in [0, 0.05) is 13.1 Å². The standard InChI is InChI=1S/C8H11N3S/c1-7-9-10-8(12-7)11-5-3-2-4-6-11/h2-3H,4-6H2,1H3. The summed E-state index contributed by atoms with van der Waals surface area (Å²) < 4.78 is 0. The predicted octanol–water partition coefficient (Wildman–Crippen LogP) is 1.61. The zero-order valence-corrected chi connectivity index (χ0v) is 7.84. The van der Waals surface area contributed by atoms with Gasteiger partial charge in [0.15, 0.2) is 0 Å². The van der Waals surface area contributed by atoms with E-state index in [1.807, 2.05) is 6.92 Å².